The van der Waals surface area contributed by atoms with Crippen molar-refractivity contribution in [3.8, 4) is 0 Å². The molecular weight excluding hydrogens is 488 g/mol. The van der Waals surface area contributed by atoms with Gasteiger partial charge in [-0.15, -0.1) is 0 Å². The minimum atomic E-state index is -0.794. The summed E-state index contributed by atoms with van der Waals surface area (Å²) in [6, 6.07) is 3.40. The average molecular weight is 513 g/mol. The van der Waals surface area contributed by atoms with Crippen molar-refractivity contribution in [2.24, 2.45) is 7.05 Å². The third-order valence-electron chi connectivity index (χ3n) is 6.47. The number of nitrogens with zero attached hydrogens (tertiary/aromatic N) is 6. The van der Waals surface area contributed by atoms with E-state index in [-0.39, 0.29) is 29.9 Å². The van der Waals surface area contributed by atoms with Crippen LogP contribution in [0.15, 0.2) is 35.5 Å². The molecule has 5 rings (SSSR count). The quantitative estimate of drug-likeness (QED) is 0.227. The second-order valence-electron chi connectivity index (χ2n) is 8.61. The van der Waals surface area contributed by atoms with E-state index in [4.69, 9.17) is 21.1 Å². The molecule has 4 aromatic rings. The van der Waals surface area contributed by atoms with E-state index in [9.17, 15) is 14.4 Å². The van der Waals surface area contributed by atoms with Gasteiger partial charge in [0.05, 0.1) is 35.7 Å². The van der Waals surface area contributed by atoms with Gasteiger partial charge in [-0.3, -0.25) is 18.3 Å². The number of ether oxygens (including phenoxy) is 2. The Morgan fingerprint density at radius 2 is 1.94 bits per heavy atom. The standard InChI is InChI=1S/C24H25ClN6O5/c1-4-36-22(32)18-12-26-20-9-14(2)19(13-29(18)20)31(23(25)33)21-10-16-17(11-27-21)28(3)24(34)30(16)15-5-7-35-8-6-15/h9-13,15H,4-8H2,1-3H3. The Hall–Kier alpha value is -3.70. The molecule has 0 saturated carbocycles. The lowest BCUT2D eigenvalue weighted by atomic mass is 10.1. The van der Waals surface area contributed by atoms with Crippen molar-refractivity contribution in [3.63, 3.8) is 0 Å². The van der Waals surface area contributed by atoms with Crippen LogP contribution in [0.1, 0.15) is 41.9 Å². The molecule has 1 fully saturated rings. The second-order valence-corrected chi connectivity index (χ2v) is 8.93. The minimum Gasteiger partial charge on any atom is -0.461 e. The van der Waals surface area contributed by atoms with Crippen LogP contribution >= 0.6 is 11.6 Å². The lowest BCUT2D eigenvalue weighted by molar-refractivity contribution is 0.0518. The van der Waals surface area contributed by atoms with Gasteiger partial charge in [-0.25, -0.2) is 24.5 Å². The normalized spacial score (nSPS) is 14.4. The van der Waals surface area contributed by atoms with Crippen LogP contribution in [-0.4, -0.2) is 54.7 Å². The number of halogens is 1. The summed E-state index contributed by atoms with van der Waals surface area (Å²) in [4.78, 5) is 48.2. The highest BCUT2D eigenvalue weighted by molar-refractivity contribution is 6.66. The molecule has 0 aromatic carbocycles. The van der Waals surface area contributed by atoms with Gasteiger partial charge in [-0.1, -0.05) is 0 Å². The van der Waals surface area contributed by atoms with E-state index in [2.05, 4.69) is 9.97 Å². The largest absolute Gasteiger partial charge is 0.461 e. The summed E-state index contributed by atoms with van der Waals surface area (Å²) in [5.74, 6) is -0.290. The number of rotatable bonds is 5. The van der Waals surface area contributed by atoms with Crippen molar-refractivity contribution in [1.29, 1.82) is 0 Å². The summed E-state index contributed by atoms with van der Waals surface area (Å²) < 4.78 is 15.4. The highest BCUT2D eigenvalue weighted by atomic mass is 35.5. The van der Waals surface area contributed by atoms with Gasteiger partial charge in [0.15, 0.2) is 5.69 Å². The Balaban J connectivity index is 1.67. The molecule has 36 heavy (non-hydrogen) atoms. The predicted molar refractivity (Wildman–Crippen MR) is 133 cm³/mol. The highest BCUT2D eigenvalue weighted by Crippen LogP contribution is 2.33. The van der Waals surface area contributed by atoms with Gasteiger partial charge in [0.1, 0.15) is 11.5 Å². The van der Waals surface area contributed by atoms with Gasteiger partial charge in [0.2, 0.25) is 0 Å². The molecule has 0 atom stereocenters. The van der Waals surface area contributed by atoms with Crippen LogP contribution in [0.4, 0.5) is 16.3 Å². The summed E-state index contributed by atoms with van der Waals surface area (Å²) in [5.41, 5.74) is 2.97. The van der Waals surface area contributed by atoms with Gasteiger partial charge >= 0.3 is 17.0 Å². The molecule has 1 saturated heterocycles. The van der Waals surface area contributed by atoms with Gasteiger partial charge in [-0.05, 0) is 49.9 Å². The first-order valence-electron chi connectivity index (χ1n) is 11.6. The molecule has 0 spiro atoms. The zero-order chi connectivity index (χ0) is 25.6. The molecule has 1 aliphatic heterocycles. The number of anilines is 2. The van der Waals surface area contributed by atoms with Gasteiger partial charge < -0.3 is 9.47 Å². The highest BCUT2D eigenvalue weighted by Gasteiger charge is 2.26. The Labute approximate surface area is 210 Å². The third-order valence-corrected chi connectivity index (χ3v) is 6.64. The first-order valence-corrected chi connectivity index (χ1v) is 12.0. The Kier molecular flexibility index (Phi) is 6.27. The Bertz CT molecular complexity index is 1550. The number of hydrogen-bond donors (Lipinski definition) is 0. The predicted octanol–water partition coefficient (Wildman–Crippen LogP) is 3.72. The first kappa shape index (κ1) is 24.0. The number of amides is 1. The Morgan fingerprint density at radius 1 is 1.19 bits per heavy atom. The lowest BCUT2D eigenvalue weighted by Gasteiger charge is -2.24. The monoisotopic (exact) mass is 512 g/mol. The van der Waals surface area contributed by atoms with E-state index in [1.807, 2.05) is 0 Å². The molecule has 188 valence electrons. The summed E-state index contributed by atoms with van der Waals surface area (Å²) in [6.45, 7) is 4.89. The van der Waals surface area contributed by atoms with Crippen LogP contribution < -0.4 is 10.6 Å². The number of imidazole rings is 2. The smallest absolute Gasteiger partial charge is 0.356 e. The molecule has 12 heteroatoms. The van der Waals surface area contributed by atoms with Crippen molar-refractivity contribution >= 4 is 51.1 Å². The number of aryl methyl sites for hydroxylation is 2. The van der Waals surface area contributed by atoms with E-state index in [1.54, 1.807) is 59.0 Å². The zero-order valence-electron chi connectivity index (χ0n) is 20.1. The number of esters is 1. The second kappa shape index (κ2) is 9.40. The summed E-state index contributed by atoms with van der Waals surface area (Å²) in [6.07, 6.45) is 6.00. The van der Waals surface area contributed by atoms with Gasteiger partial charge in [0.25, 0.3) is 0 Å². The molecule has 0 unspecified atom stereocenters. The van der Waals surface area contributed by atoms with Crippen LogP contribution in [0.3, 0.4) is 0 Å². The van der Waals surface area contributed by atoms with Crippen molar-refractivity contribution < 1.29 is 19.1 Å². The van der Waals surface area contributed by atoms with Gasteiger partial charge in [0, 0.05) is 38.6 Å². The van der Waals surface area contributed by atoms with Crippen LogP contribution in [0.2, 0.25) is 0 Å². The van der Waals surface area contributed by atoms with Crippen LogP contribution in [-0.2, 0) is 16.5 Å². The first-order chi connectivity index (χ1) is 17.3. The van der Waals surface area contributed by atoms with E-state index in [0.29, 0.717) is 54.0 Å². The number of carbonyl (C=O) groups is 2. The lowest BCUT2D eigenvalue weighted by Crippen LogP contribution is -2.29. The molecule has 0 N–H and O–H groups in total. The topological polar surface area (TPSA) is 113 Å². The van der Waals surface area contributed by atoms with E-state index in [1.165, 1.54) is 11.1 Å². The van der Waals surface area contributed by atoms with E-state index in [0.717, 1.165) is 0 Å². The van der Waals surface area contributed by atoms with Crippen LogP contribution in [0.5, 0.6) is 0 Å². The van der Waals surface area contributed by atoms with Crippen molar-refractivity contribution in [1.82, 2.24) is 23.5 Å². The number of carbonyl (C=O) groups excluding carboxylic acids is 2. The van der Waals surface area contributed by atoms with Crippen LogP contribution in [0, 0.1) is 6.92 Å². The van der Waals surface area contributed by atoms with Crippen molar-refractivity contribution in [3.05, 3.63) is 52.5 Å². The fourth-order valence-corrected chi connectivity index (χ4v) is 4.85. The zero-order valence-corrected chi connectivity index (χ0v) is 20.9. The maximum atomic E-state index is 13.1. The number of aromatic nitrogens is 5. The number of fused-ring (bicyclic) bond motifs is 2. The summed E-state index contributed by atoms with van der Waals surface area (Å²) in [7, 11) is 1.69. The average Bonchev–Trinajstić information content (AvgIpc) is 3.38. The SMILES string of the molecule is CCOC(=O)c1cnc2cc(C)c(N(C(=O)Cl)c3cc4c(cn3)n(C)c(=O)n4C3CCOCC3)cn12. The Morgan fingerprint density at radius 3 is 2.64 bits per heavy atom. The van der Waals surface area contributed by atoms with Gasteiger partial charge in [-0.2, -0.15) is 0 Å². The molecule has 11 nitrogen and oxygen atoms in total. The summed E-state index contributed by atoms with van der Waals surface area (Å²) in [5, 5.41) is -0.794. The molecule has 1 aliphatic rings. The van der Waals surface area contributed by atoms with E-state index < -0.39 is 11.3 Å². The number of pyridine rings is 2. The fraction of sp³-hybridized carbons (Fsp3) is 0.375. The summed E-state index contributed by atoms with van der Waals surface area (Å²) >= 11 is 6.08. The molecule has 0 radical (unpaired) electrons. The molecule has 1 amide bonds. The third kappa shape index (κ3) is 3.94. The van der Waals surface area contributed by atoms with Crippen LogP contribution in [0.25, 0.3) is 16.7 Å². The molecule has 0 bridgehead atoms. The van der Waals surface area contributed by atoms with Crippen molar-refractivity contribution in [2.75, 3.05) is 24.7 Å². The molecule has 5 heterocycles. The molecule has 4 aromatic heterocycles. The molecular formula is C24H25ClN6O5. The minimum absolute atomic E-state index is 0.0264. The maximum Gasteiger partial charge on any atom is 0.356 e. The fourth-order valence-electron chi connectivity index (χ4n) is 4.67. The van der Waals surface area contributed by atoms with E-state index >= 15 is 0 Å². The number of hydrogen-bond acceptors (Lipinski definition) is 7. The van der Waals surface area contributed by atoms with Crippen molar-refractivity contribution in [2.45, 2.75) is 32.7 Å². The maximum absolute atomic E-state index is 13.1. The molecule has 0 aliphatic carbocycles.